The molecule has 0 unspecified atom stereocenters. The predicted molar refractivity (Wildman–Crippen MR) is 92.3 cm³/mol. The van der Waals surface area contributed by atoms with Crippen LogP contribution in [0.25, 0.3) is 0 Å². The first kappa shape index (κ1) is 18.0. The summed E-state index contributed by atoms with van der Waals surface area (Å²) in [5, 5.41) is 6.38. The van der Waals surface area contributed by atoms with Crippen molar-refractivity contribution in [2.45, 2.75) is 6.92 Å². The lowest BCUT2D eigenvalue weighted by Crippen LogP contribution is -2.28. The Balaban J connectivity index is 2.22. The van der Waals surface area contributed by atoms with Crippen molar-refractivity contribution >= 4 is 29.0 Å². The second-order valence-corrected chi connectivity index (χ2v) is 5.34. The highest BCUT2D eigenvalue weighted by Gasteiger charge is 2.12. The Morgan fingerprint density at radius 1 is 1.25 bits per heavy atom. The smallest absolute Gasteiger partial charge is 0.270 e. The number of methoxy groups -OCH3 is 2. The van der Waals surface area contributed by atoms with Gasteiger partial charge in [-0.2, -0.15) is 0 Å². The van der Waals surface area contributed by atoms with Crippen LogP contribution in [0.4, 0.5) is 11.5 Å². The van der Waals surface area contributed by atoms with Gasteiger partial charge in [-0.1, -0.05) is 11.6 Å². The van der Waals surface area contributed by atoms with Gasteiger partial charge in [0.25, 0.3) is 5.91 Å². The summed E-state index contributed by atoms with van der Waals surface area (Å²) in [5.74, 6) is 1.26. The number of rotatable bonds is 7. The van der Waals surface area contributed by atoms with E-state index in [-0.39, 0.29) is 11.6 Å². The fourth-order valence-electron chi connectivity index (χ4n) is 2.02. The molecule has 0 aliphatic heterocycles. The number of aryl methyl sites for hydroxylation is 1. The van der Waals surface area contributed by atoms with Crippen LogP contribution in [-0.2, 0) is 4.74 Å². The number of aromatic nitrogens is 2. The van der Waals surface area contributed by atoms with Gasteiger partial charge in [0.1, 0.15) is 23.1 Å². The molecule has 0 bridgehead atoms. The van der Waals surface area contributed by atoms with Gasteiger partial charge in [-0.3, -0.25) is 4.79 Å². The van der Waals surface area contributed by atoms with E-state index in [1.165, 1.54) is 0 Å². The van der Waals surface area contributed by atoms with E-state index < -0.39 is 0 Å². The molecular formula is C16H19ClN4O3. The quantitative estimate of drug-likeness (QED) is 0.746. The number of halogens is 1. The fraction of sp³-hybridized carbons (Fsp3) is 0.312. The number of amides is 1. The summed E-state index contributed by atoms with van der Waals surface area (Å²) in [6.45, 7) is 2.55. The normalized spacial score (nSPS) is 10.3. The number of carbonyl (C=O) groups is 1. The molecule has 0 aliphatic rings. The minimum atomic E-state index is -0.293. The van der Waals surface area contributed by atoms with Crippen LogP contribution in [-0.4, -0.2) is 43.2 Å². The Hall–Kier alpha value is -2.38. The van der Waals surface area contributed by atoms with Crippen LogP contribution in [0.3, 0.4) is 0 Å². The lowest BCUT2D eigenvalue weighted by Gasteiger charge is -2.12. The summed E-state index contributed by atoms with van der Waals surface area (Å²) in [4.78, 5) is 20.6. The van der Waals surface area contributed by atoms with Gasteiger partial charge in [-0.25, -0.2) is 9.97 Å². The average Bonchev–Trinajstić information content (AvgIpc) is 2.54. The van der Waals surface area contributed by atoms with Crippen molar-refractivity contribution in [3.8, 4) is 5.75 Å². The van der Waals surface area contributed by atoms with Crippen molar-refractivity contribution < 1.29 is 14.3 Å². The third-order valence-corrected chi connectivity index (χ3v) is 3.32. The molecular weight excluding hydrogens is 332 g/mol. The van der Waals surface area contributed by atoms with Crippen LogP contribution in [0.2, 0.25) is 5.02 Å². The van der Waals surface area contributed by atoms with Crippen LogP contribution in [0, 0.1) is 6.92 Å². The minimum Gasteiger partial charge on any atom is -0.495 e. The third kappa shape index (κ3) is 4.81. The zero-order valence-electron chi connectivity index (χ0n) is 13.7. The van der Waals surface area contributed by atoms with Crippen molar-refractivity contribution in [1.82, 2.24) is 15.3 Å². The van der Waals surface area contributed by atoms with Gasteiger partial charge < -0.3 is 20.1 Å². The van der Waals surface area contributed by atoms with Gasteiger partial charge in [0.05, 0.1) is 19.4 Å². The van der Waals surface area contributed by atoms with Crippen molar-refractivity contribution in [2.24, 2.45) is 0 Å². The van der Waals surface area contributed by atoms with E-state index in [1.807, 2.05) is 0 Å². The maximum absolute atomic E-state index is 12.1. The zero-order chi connectivity index (χ0) is 17.5. The maximum Gasteiger partial charge on any atom is 0.270 e. The number of ether oxygens (including phenoxy) is 2. The van der Waals surface area contributed by atoms with Crippen molar-refractivity contribution in [1.29, 1.82) is 0 Å². The summed E-state index contributed by atoms with van der Waals surface area (Å²) in [5.41, 5.74) is 0.913. The monoisotopic (exact) mass is 350 g/mol. The molecule has 2 rings (SSSR count). The molecule has 0 atom stereocenters. The maximum atomic E-state index is 12.1. The van der Waals surface area contributed by atoms with E-state index in [0.717, 1.165) is 0 Å². The van der Waals surface area contributed by atoms with Gasteiger partial charge in [-0.15, -0.1) is 0 Å². The molecule has 1 aromatic carbocycles. The Bertz CT molecular complexity index is 724. The van der Waals surface area contributed by atoms with Gasteiger partial charge in [0.15, 0.2) is 0 Å². The van der Waals surface area contributed by atoms with Gasteiger partial charge >= 0.3 is 0 Å². The Labute approximate surface area is 145 Å². The highest BCUT2D eigenvalue weighted by atomic mass is 35.5. The molecule has 0 aliphatic carbocycles. The lowest BCUT2D eigenvalue weighted by atomic mass is 10.2. The number of hydrogen-bond acceptors (Lipinski definition) is 6. The summed E-state index contributed by atoms with van der Waals surface area (Å²) < 4.78 is 10.2. The topological polar surface area (TPSA) is 85.4 Å². The largest absolute Gasteiger partial charge is 0.495 e. The van der Waals surface area contributed by atoms with Crippen LogP contribution in [0.15, 0.2) is 24.3 Å². The molecule has 1 amide bonds. The summed E-state index contributed by atoms with van der Waals surface area (Å²) in [6, 6.07) is 6.76. The van der Waals surface area contributed by atoms with Crippen molar-refractivity contribution in [2.75, 3.05) is 32.7 Å². The van der Waals surface area contributed by atoms with E-state index >= 15 is 0 Å². The summed E-state index contributed by atoms with van der Waals surface area (Å²) in [7, 11) is 3.13. The average molecular weight is 351 g/mol. The third-order valence-electron chi connectivity index (χ3n) is 3.09. The van der Waals surface area contributed by atoms with E-state index in [2.05, 4.69) is 20.6 Å². The van der Waals surface area contributed by atoms with Crippen LogP contribution < -0.4 is 15.4 Å². The van der Waals surface area contributed by atoms with Gasteiger partial charge in [0.2, 0.25) is 0 Å². The second kappa shape index (κ2) is 8.47. The minimum absolute atomic E-state index is 0.266. The molecule has 24 heavy (non-hydrogen) atoms. The molecule has 0 saturated heterocycles. The summed E-state index contributed by atoms with van der Waals surface area (Å²) in [6.07, 6.45) is 0. The molecule has 0 saturated carbocycles. The Kier molecular flexibility index (Phi) is 6.34. The molecule has 0 radical (unpaired) electrons. The second-order valence-electron chi connectivity index (χ2n) is 4.90. The number of carbonyl (C=O) groups excluding carboxylic acids is 1. The standard InChI is InChI=1S/C16H19ClN4O3/c1-10-19-13(16(22)18-6-7-23-2)9-15(20-10)21-12-8-11(17)4-5-14(12)24-3/h4-5,8-9H,6-7H2,1-3H3,(H,18,22)(H,19,20,21). The molecule has 2 aromatic rings. The van der Waals surface area contributed by atoms with E-state index in [4.69, 9.17) is 21.1 Å². The molecule has 7 nitrogen and oxygen atoms in total. The molecule has 2 N–H and O–H groups in total. The van der Waals surface area contributed by atoms with E-state index in [1.54, 1.807) is 45.4 Å². The van der Waals surface area contributed by atoms with Crippen molar-refractivity contribution in [3.05, 3.63) is 40.8 Å². The number of anilines is 2. The van der Waals surface area contributed by atoms with E-state index in [0.29, 0.717) is 41.3 Å². The first-order valence-electron chi connectivity index (χ1n) is 7.27. The van der Waals surface area contributed by atoms with Crippen molar-refractivity contribution in [3.63, 3.8) is 0 Å². The zero-order valence-corrected chi connectivity index (χ0v) is 14.5. The number of nitrogens with zero attached hydrogens (tertiary/aromatic N) is 2. The Morgan fingerprint density at radius 3 is 2.75 bits per heavy atom. The van der Waals surface area contributed by atoms with Crippen LogP contribution in [0.1, 0.15) is 16.3 Å². The molecule has 1 heterocycles. The van der Waals surface area contributed by atoms with Crippen LogP contribution in [0.5, 0.6) is 5.75 Å². The predicted octanol–water partition coefficient (Wildman–Crippen LogP) is 2.57. The first-order valence-corrected chi connectivity index (χ1v) is 7.64. The highest BCUT2D eigenvalue weighted by Crippen LogP contribution is 2.30. The number of benzene rings is 1. The van der Waals surface area contributed by atoms with Gasteiger partial charge in [0, 0.05) is 24.7 Å². The molecule has 8 heteroatoms. The molecule has 128 valence electrons. The molecule has 1 aromatic heterocycles. The number of nitrogens with one attached hydrogen (secondary N) is 2. The number of hydrogen-bond donors (Lipinski definition) is 2. The lowest BCUT2D eigenvalue weighted by molar-refractivity contribution is 0.0932. The van der Waals surface area contributed by atoms with Crippen LogP contribution >= 0.6 is 11.6 Å². The SMILES string of the molecule is COCCNC(=O)c1cc(Nc2cc(Cl)ccc2OC)nc(C)n1. The molecule has 0 fully saturated rings. The molecule has 0 spiro atoms. The van der Waals surface area contributed by atoms with E-state index in [9.17, 15) is 4.79 Å². The fourth-order valence-corrected chi connectivity index (χ4v) is 2.19. The van der Waals surface area contributed by atoms with Gasteiger partial charge in [-0.05, 0) is 25.1 Å². The first-order chi connectivity index (χ1) is 11.5. The Morgan fingerprint density at radius 2 is 2.04 bits per heavy atom. The highest BCUT2D eigenvalue weighted by molar-refractivity contribution is 6.31. The summed E-state index contributed by atoms with van der Waals surface area (Å²) >= 11 is 6.02.